The van der Waals surface area contributed by atoms with E-state index in [1.807, 2.05) is 6.26 Å². The summed E-state index contributed by atoms with van der Waals surface area (Å²) in [5, 5.41) is 6.68. The monoisotopic (exact) mass is 389 g/mol. The van der Waals surface area contributed by atoms with Crippen LogP contribution in [0.15, 0.2) is 38.4 Å². The Morgan fingerprint density at radius 2 is 2.15 bits per heavy atom. The predicted molar refractivity (Wildman–Crippen MR) is 102 cm³/mol. The quantitative estimate of drug-likeness (QED) is 0.618. The Labute approximate surface area is 158 Å². The van der Waals surface area contributed by atoms with Crippen molar-refractivity contribution >= 4 is 28.6 Å². The van der Waals surface area contributed by atoms with Crippen LogP contribution in [0.2, 0.25) is 0 Å². The lowest BCUT2D eigenvalue weighted by Gasteiger charge is -2.18. The predicted octanol–water partition coefficient (Wildman–Crippen LogP) is 0.992. The molecule has 0 bridgehead atoms. The van der Waals surface area contributed by atoms with Crippen LogP contribution in [0.25, 0.3) is 10.9 Å². The first kappa shape index (κ1) is 18.9. The van der Waals surface area contributed by atoms with Crippen LogP contribution < -0.4 is 16.6 Å². The molecule has 2 N–H and O–H groups in total. The topological polar surface area (TPSA) is 123 Å². The van der Waals surface area contributed by atoms with Crippen LogP contribution in [0.5, 0.6) is 0 Å². The van der Waals surface area contributed by atoms with Crippen LogP contribution in [-0.2, 0) is 11.3 Å². The number of H-pyrrole nitrogens is 1. The molecule has 0 aliphatic rings. The van der Waals surface area contributed by atoms with Gasteiger partial charge in [0, 0.05) is 0 Å². The molecule has 0 saturated carbocycles. The highest BCUT2D eigenvalue weighted by Crippen LogP contribution is 2.13. The molecule has 1 amide bonds. The van der Waals surface area contributed by atoms with Crippen molar-refractivity contribution < 1.29 is 9.32 Å². The first-order valence-electron chi connectivity index (χ1n) is 8.30. The number of benzene rings is 1. The number of thioether (sulfide) groups is 1. The van der Waals surface area contributed by atoms with E-state index in [-0.39, 0.29) is 12.4 Å². The fourth-order valence-corrected chi connectivity index (χ4v) is 3.22. The number of aryl methyl sites for hydroxylation is 1. The Hall–Kier alpha value is -2.88. The van der Waals surface area contributed by atoms with Crippen molar-refractivity contribution in [2.24, 2.45) is 0 Å². The van der Waals surface area contributed by atoms with Gasteiger partial charge in [-0.1, -0.05) is 17.3 Å². The fraction of sp³-hybridized carbons (Fsp3) is 0.353. The number of fused-ring (bicyclic) bond motifs is 1. The van der Waals surface area contributed by atoms with Crippen molar-refractivity contribution in [3.05, 3.63) is 56.8 Å². The van der Waals surface area contributed by atoms with Crippen molar-refractivity contribution in [3.63, 3.8) is 0 Å². The molecule has 0 spiro atoms. The molecule has 1 atom stereocenters. The van der Waals surface area contributed by atoms with Gasteiger partial charge in [0.1, 0.15) is 6.04 Å². The Kier molecular flexibility index (Phi) is 5.75. The van der Waals surface area contributed by atoms with Gasteiger partial charge in [-0.3, -0.25) is 9.59 Å². The number of hydrogen-bond donors (Lipinski definition) is 2. The zero-order chi connectivity index (χ0) is 19.4. The van der Waals surface area contributed by atoms with Crippen LogP contribution in [0, 0.1) is 6.92 Å². The summed E-state index contributed by atoms with van der Waals surface area (Å²) in [7, 11) is 0. The third-order valence-electron chi connectivity index (χ3n) is 4.03. The molecule has 1 unspecified atom stereocenters. The molecule has 2 aromatic heterocycles. The normalized spacial score (nSPS) is 12.2. The van der Waals surface area contributed by atoms with Gasteiger partial charge in [-0.15, -0.1) is 0 Å². The van der Waals surface area contributed by atoms with Crippen LogP contribution in [0.3, 0.4) is 0 Å². The summed E-state index contributed by atoms with van der Waals surface area (Å²) < 4.78 is 5.95. The van der Waals surface area contributed by atoms with E-state index in [4.69, 9.17) is 4.52 Å². The molecule has 3 aromatic rings. The number of nitrogens with zero attached hydrogens (tertiary/aromatic N) is 3. The minimum absolute atomic E-state index is 0.0235. The number of rotatable bonds is 7. The molecule has 2 heterocycles. The highest BCUT2D eigenvalue weighted by atomic mass is 32.2. The van der Waals surface area contributed by atoms with Crippen molar-refractivity contribution in [2.75, 3.05) is 12.0 Å². The summed E-state index contributed by atoms with van der Waals surface area (Å²) in [4.78, 5) is 44.8. The molecule has 9 nitrogen and oxygen atoms in total. The number of carbonyl (C=O) groups excluding carboxylic acids is 1. The SMILES string of the molecule is CSCCC(C(=O)NCc1nc(C)no1)n1c(=O)[nH]c2ccccc2c1=O. The molecule has 0 aliphatic heterocycles. The Balaban J connectivity index is 1.94. The molecular weight excluding hydrogens is 370 g/mol. The third-order valence-corrected chi connectivity index (χ3v) is 4.67. The average Bonchev–Trinajstić information content (AvgIpc) is 3.07. The number of carbonyl (C=O) groups is 1. The summed E-state index contributed by atoms with van der Waals surface area (Å²) in [6, 6.07) is 5.77. The molecule has 0 fully saturated rings. The minimum atomic E-state index is -0.942. The molecule has 142 valence electrons. The van der Waals surface area contributed by atoms with Crippen LogP contribution in [-0.4, -0.2) is 37.6 Å². The van der Waals surface area contributed by atoms with E-state index in [1.54, 1.807) is 31.2 Å². The first-order chi connectivity index (χ1) is 13.0. The van der Waals surface area contributed by atoms with E-state index in [0.717, 1.165) is 4.57 Å². The summed E-state index contributed by atoms with van der Waals surface area (Å²) >= 11 is 1.53. The van der Waals surface area contributed by atoms with Crippen LogP contribution in [0.4, 0.5) is 0 Å². The molecule has 3 rings (SSSR count). The lowest BCUT2D eigenvalue weighted by molar-refractivity contribution is -0.124. The van der Waals surface area contributed by atoms with Gasteiger partial charge in [0.15, 0.2) is 5.82 Å². The largest absolute Gasteiger partial charge is 0.345 e. The Morgan fingerprint density at radius 3 is 2.85 bits per heavy atom. The third kappa shape index (κ3) is 4.11. The van der Waals surface area contributed by atoms with E-state index in [2.05, 4.69) is 20.4 Å². The Bertz CT molecular complexity index is 1070. The number of aromatic nitrogens is 4. The maximum absolute atomic E-state index is 12.9. The molecule has 0 radical (unpaired) electrons. The molecule has 10 heteroatoms. The number of hydrogen-bond acceptors (Lipinski definition) is 7. The lowest BCUT2D eigenvalue weighted by atomic mass is 10.2. The molecule has 0 aliphatic carbocycles. The van der Waals surface area contributed by atoms with Crippen molar-refractivity contribution in [1.82, 2.24) is 25.0 Å². The van der Waals surface area contributed by atoms with Gasteiger partial charge in [-0.05, 0) is 37.5 Å². The van der Waals surface area contributed by atoms with E-state index in [0.29, 0.717) is 28.9 Å². The maximum atomic E-state index is 12.9. The molecule has 1 aromatic carbocycles. The number of amides is 1. The standard InChI is InChI=1S/C17H19N5O4S/c1-10-19-14(26-21-10)9-18-15(23)13(7-8-27-2)22-16(24)11-5-3-4-6-12(11)20-17(22)25/h3-6,13H,7-9H2,1-2H3,(H,18,23)(H,20,25). The smallest absolute Gasteiger partial charge is 0.329 e. The van der Waals surface area contributed by atoms with E-state index < -0.39 is 23.2 Å². The fourth-order valence-electron chi connectivity index (χ4n) is 2.76. The van der Waals surface area contributed by atoms with Gasteiger partial charge in [-0.2, -0.15) is 16.7 Å². The van der Waals surface area contributed by atoms with Crippen LogP contribution in [0.1, 0.15) is 24.2 Å². The van der Waals surface area contributed by atoms with E-state index in [9.17, 15) is 14.4 Å². The summed E-state index contributed by atoms with van der Waals surface area (Å²) in [6.07, 6.45) is 2.22. The first-order valence-corrected chi connectivity index (χ1v) is 9.70. The highest BCUT2D eigenvalue weighted by Gasteiger charge is 2.25. The Morgan fingerprint density at radius 1 is 1.37 bits per heavy atom. The highest BCUT2D eigenvalue weighted by molar-refractivity contribution is 7.98. The average molecular weight is 389 g/mol. The molecule has 27 heavy (non-hydrogen) atoms. The van der Waals surface area contributed by atoms with Crippen LogP contribution >= 0.6 is 11.8 Å². The summed E-state index contributed by atoms with van der Waals surface area (Å²) in [5.41, 5.74) is -0.674. The van der Waals surface area contributed by atoms with E-state index in [1.165, 1.54) is 11.8 Å². The van der Waals surface area contributed by atoms with Gasteiger partial charge < -0.3 is 14.8 Å². The lowest BCUT2D eigenvalue weighted by Crippen LogP contribution is -2.44. The van der Waals surface area contributed by atoms with Gasteiger partial charge in [0.25, 0.3) is 5.56 Å². The maximum Gasteiger partial charge on any atom is 0.329 e. The summed E-state index contributed by atoms with van der Waals surface area (Å²) in [6.45, 7) is 1.69. The van der Waals surface area contributed by atoms with Crippen molar-refractivity contribution in [2.45, 2.75) is 25.9 Å². The number of aromatic amines is 1. The zero-order valence-corrected chi connectivity index (χ0v) is 15.7. The second-order valence-corrected chi connectivity index (χ2v) is 6.89. The molecule has 0 saturated heterocycles. The van der Waals surface area contributed by atoms with Gasteiger partial charge in [0.2, 0.25) is 11.8 Å². The van der Waals surface area contributed by atoms with Gasteiger partial charge in [0.05, 0.1) is 17.4 Å². The van der Waals surface area contributed by atoms with Gasteiger partial charge in [-0.25, -0.2) is 9.36 Å². The minimum Gasteiger partial charge on any atom is -0.345 e. The van der Waals surface area contributed by atoms with E-state index >= 15 is 0 Å². The summed E-state index contributed by atoms with van der Waals surface area (Å²) in [5.74, 6) is 0.864. The van der Waals surface area contributed by atoms with Gasteiger partial charge >= 0.3 is 5.69 Å². The number of nitrogens with one attached hydrogen (secondary N) is 2. The second kappa shape index (κ2) is 8.21. The van der Waals surface area contributed by atoms with Crippen molar-refractivity contribution in [3.8, 4) is 0 Å². The van der Waals surface area contributed by atoms with Crippen molar-refractivity contribution in [1.29, 1.82) is 0 Å². The zero-order valence-electron chi connectivity index (χ0n) is 14.9. The molecular formula is C17H19N5O4S. The second-order valence-electron chi connectivity index (χ2n) is 5.90. The number of para-hydroxylation sites is 1.